The number of nitrogens with zero attached hydrogens (tertiary/aromatic N) is 2. The van der Waals surface area contributed by atoms with Crippen LogP contribution in [-0.2, 0) is 13.5 Å². The molecule has 2 aromatic carbocycles. The number of hydrogen-bond acceptors (Lipinski definition) is 5. The highest BCUT2D eigenvalue weighted by Gasteiger charge is 2.26. The van der Waals surface area contributed by atoms with Gasteiger partial charge in [0.1, 0.15) is 5.75 Å². The number of benzene rings is 2. The van der Waals surface area contributed by atoms with Crippen molar-refractivity contribution < 1.29 is 19.0 Å². The highest BCUT2D eigenvalue weighted by molar-refractivity contribution is 6.19. The molecule has 1 aromatic heterocycles. The monoisotopic (exact) mass is 420 g/mol. The molecular formula is C25H28N2O4. The Kier molecular flexibility index (Phi) is 5.39. The fourth-order valence-corrected chi connectivity index (χ4v) is 4.29. The van der Waals surface area contributed by atoms with Gasteiger partial charge in [-0.25, -0.2) is 0 Å². The Morgan fingerprint density at radius 2 is 1.68 bits per heavy atom. The molecule has 1 aliphatic rings. The van der Waals surface area contributed by atoms with Gasteiger partial charge in [-0.2, -0.15) is 0 Å². The number of likely N-dealkylation sites (N-methyl/N-ethyl adjacent to an activating group) is 1. The van der Waals surface area contributed by atoms with Gasteiger partial charge in [0.25, 0.3) is 0 Å². The lowest BCUT2D eigenvalue weighted by molar-refractivity contribution is 0.100. The third-order valence-corrected chi connectivity index (χ3v) is 6.22. The Hall–Kier alpha value is -3.41. The molecule has 0 atom stereocenters. The van der Waals surface area contributed by atoms with Gasteiger partial charge in [-0.05, 0) is 60.9 Å². The van der Waals surface area contributed by atoms with Crippen molar-refractivity contribution in [1.29, 1.82) is 0 Å². The normalized spacial score (nSPS) is 13.5. The van der Waals surface area contributed by atoms with Gasteiger partial charge in [-0.1, -0.05) is 0 Å². The van der Waals surface area contributed by atoms with Gasteiger partial charge < -0.3 is 23.7 Å². The number of aromatic nitrogens is 1. The van der Waals surface area contributed by atoms with Gasteiger partial charge in [0.05, 0.1) is 32.6 Å². The van der Waals surface area contributed by atoms with Gasteiger partial charge in [0.2, 0.25) is 5.78 Å². The molecule has 0 unspecified atom stereocenters. The van der Waals surface area contributed by atoms with Gasteiger partial charge in [0, 0.05) is 37.2 Å². The second-order valence-electron chi connectivity index (χ2n) is 7.84. The van der Waals surface area contributed by atoms with Crippen LogP contribution in [0.2, 0.25) is 0 Å². The summed E-state index contributed by atoms with van der Waals surface area (Å²) < 4.78 is 18.4. The average molecular weight is 421 g/mol. The van der Waals surface area contributed by atoms with Crippen molar-refractivity contribution >= 4 is 22.8 Å². The van der Waals surface area contributed by atoms with E-state index in [1.54, 1.807) is 21.3 Å². The van der Waals surface area contributed by atoms with Crippen LogP contribution in [-0.4, -0.2) is 50.2 Å². The SMILES string of the molecule is COc1ccc2c(c1)c(C(=O)C1=Cc3cc(OC)c(OC)cc3CCN1C)c(C)n2C. The lowest BCUT2D eigenvalue weighted by Crippen LogP contribution is -2.25. The van der Waals surface area contributed by atoms with E-state index in [0.717, 1.165) is 46.4 Å². The maximum atomic E-state index is 13.9. The maximum absolute atomic E-state index is 13.9. The van der Waals surface area contributed by atoms with E-state index in [-0.39, 0.29) is 5.78 Å². The molecule has 0 N–H and O–H groups in total. The first-order valence-corrected chi connectivity index (χ1v) is 10.2. The predicted octanol–water partition coefficient (Wildman–Crippen LogP) is 4.22. The van der Waals surface area contributed by atoms with Gasteiger partial charge in [0.15, 0.2) is 11.5 Å². The molecule has 3 aromatic rings. The zero-order valence-corrected chi connectivity index (χ0v) is 18.9. The number of hydrogen-bond donors (Lipinski definition) is 0. The summed E-state index contributed by atoms with van der Waals surface area (Å²) in [5, 5.41) is 0.899. The highest BCUT2D eigenvalue weighted by Crippen LogP contribution is 2.35. The van der Waals surface area contributed by atoms with E-state index >= 15 is 0 Å². The summed E-state index contributed by atoms with van der Waals surface area (Å²) in [6.45, 7) is 2.71. The highest BCUT2D eigenvalue weighted by atomic mass is 16.5. The van der Waals surface area contributed by atoms with Crippen LogP contribution in [0, 0.1) is 6.92 Å². The molecule has 0 bridgehead atoms. The minimum absolute atomic E-state index is 0.00138. The first-order chi connectivity index (χ1) is 14.9. The minimum atomic E-state index is 0.00138. The van der Waals surface area contributed by atoms with E-state index in [0.29, 0.717) is 22.8 Å². The third-order valence-electron chi connectivity index (χ3n) is 6.22. The first-order valence-electron chi connectivity index (χ1n) is 10.2. The lowest BCUT2D eigenvalue weighted by atomic mass is 10.0. The van der Waals surface area contributed by atoms with Crippen molar-refractivity contribution in [1.82, 2.24) is 9.47 Å². The van der Waals surface area contributed by atoms with E-state index in [9.17, 15) is 4.79 Å². The molecule has 0 aliphatic carbocycles. The van der Waals surface area contributed by atoms with E-state index in [2.05, 4.69) is 4.57 Å². The molecular weight excluding hydrogens is 392 g/mol. The summed E-state index contributed by atoms with van der Waals surface area (Å²) in [6, 6.07) is 9.80. The molecule has 0 spiro atoms. The predicted molar refractivity (Wildman–Crippen MR) is 122 cm³/mol. The van der Waals surface area contributed by atoms with Crippen molar-refractivity contribution in [2.24, 2.45) is 7.05 Å². The molecule has 0 radical (unpaired) electrons. The van der Waals surface area contributed by atoms with Gasteiger partial charge in [-0.15, -0.1) is 0 Å². The van der Waals surface area contributed by atoms with E-state index < -0.39 is 0 Å². The summed E-state index contributed by atoms with van der Waals surface area (Å²) in [4.78, 5) is 15.9. The standard InChI is InChI=1S/C25H28N2O4/c1-15-24(19-14-18(29-4)7-8-20(19)27(15)3)25(28)21-11-17-13-23(31-6)22(30-5)12-16(17)9-10-26(21)2/h7-8,11-14H,9-10H2,1-6H3. The Morgan fingerprint density at radius 1 is 0.968 bits per heavy atom. The third kappa shape index (κ3) is 3.42. The lowest BCUT2D eigenvalue weighted by Gasteiger charge is -2.20. The van der Waals surface area contributed by atoms with Gasteiger partial charge >= 0.3 is 0 Å². The second-order valence-corrected chi connectivity index (χ2v) is 7.84. The average Bonchev–Trinajstić information content (AvgIpc) is 2.92. The summed E-state index contributed by atoms with van der Waals surface area (Å²) >= 11 is 0. The number of carbonyl (C=O) groups excluding carboxylic acids is 1. The van der Waals surface area contributed by atoms with Crippen LogP contribution in [0.15, 0.2) is 36.0 Å². The Balaban J connectivity index is 1.88. The number of carbonyl (C=O) groups is 1. The largest absolute Gasteiger partial charge is 0.497 e. The number of ether oxygens (including phenoxy) is 3. The molecule has 6 nitrogen and oxygen atoms in total. The molecule has 31 heavy (non-hydrogen) atoms. The van der Waals surface area contributed by atoms with Crippen molar-refractivity contribution in [3.05, 3.63) is 58.4 Å². The fourth-order valence-electron chi connectivity index (χ4n) is 4.29. The number of methoxy groups -OCH3 is 3. The van der Waals surface area contributed by atoms with Gasteiger partial charge in [-0.3, -0.25) is 4.79 Å². The zero-order valence-electron chi connectivity index (χ0n) is 18.9. The summed E-state index contributed by atoms with van der Waals surface area (Å²) in [5.74, 6) is 2.09. The van der Waals surface area contributed by atoms with Crippen LogP contribution in [0.5, 0.6) is 17.2 Å². The Morgan fingerprint density at radius 3 is 2.35 bits per heavy atom. The van der Waals surface area contributed by atoms with Crippen molar-refractivity contribution in [3.63, 3.8) is 0 Å². The quantitative estimate of drug-likeness (QED) is 0.579. The van der Waals surface area contributed by atoms with E-state index in [4.69, 9.17) is 14.2 Å². The molecule has 2 heterocycles. The molecule has 0 amide bonds. The topological polar surface area (TPSA) is 52.9 Å². The Bertz CT molecular complexity index is 1210. The van der Waals surface area contributed by atoms with Crippen LogP contribution >= 0.6 is 0 Å². The van der Waals surface area contributed by atoms with Crippen LogP contribution in [0.1, 0.15) is 27.2 Å². The number of fused-ring (bicyclic) bond motifs is 2. The zero-order chi connectivity index (χ0) is 22.3. The van der Waals surface area contributed by atoms with Crippen LogP contribution in [0.3, 0.4) is 0 Å². The summed E-state index contributed by atoms with van der Waals surface area (Å²) in [6.07, 6.45) is 2.77. The smallest absolute Gasteiger partial charge is 0.211 e. The van der Waals surface area contributed by atoms with E-state index in [1.807, 2.05) is 62.3 Å². The molecule has 162 valence electrons. The first kappa shape index (κ1) is 20.8. The minimum Gasteiger partial charge on any atom is -0.497 e. The van der Waals surface area contributed by atoms with Crippen LogP contribution in [0.25, 0.3) is 17.0 Å². The number of ketones is 1. The van der Waals surface area contributed by atoms with E-state index in [1.165, 1.54) is 0 Å². The number of allylic oxidation sites excluding steroid dienone is 1. The van der Waals surface area contributed by atoms with Crippen LogP contribution < -0.4 is 14.2 Å². The molecule has 0 fully saturated rings. The number of aryl methyl sites for hydroxylation is 1. The van der Waals surface area contributed by atoms with Crippen molar-refractivity contribution in [3.8, 4) is 17.2 Å². The number of rotatable bonds is 5. The molecule has 4 rings (SSSR count). The number of Topliss-reactive ketones (excluding diaryl/α,β-unsaturated/α-hetero) is 1. The molecule has 0 saturated heterocycles. The second kappa shape index (κ2) is 8.02. The summed E-state index contributed by atoms with van der Waals surface area (Å²) in [7, 11) is 8.84. The maximum Gasteiger partial charge on any atom is 0.211 e. The summed E-state index contributed by atoms with van der Waals surface area (Å²) in [5.41, 5.74) is 5.40. The molecule has 0 saturated carbocycles. The van der Waals surface area contributed by atoms with Crippen LogP contribution in [0.4, 0.5) is 0 Å². The van der Waals surface area contributed by atoms with Crippen molar-refractivity contribution in [2.45, 2.75) is 13.3 Å². The molecule has 6 heteroatoms. The fraction of sp³-hybridized carbons (Fsp3) is 0.320. The Labute approximate surface area is 182 Å². The molecule has 1 aliphatic heterocycles. The van der Waals surface area contributed by atoms with Crippen molar-refractivity contribution in [2.75, 3.05) is 34.9 Å².